The van der Waals surface area contributed by atoms with Crippen molar-refractivity contribution in [3.8, 4) is 11.1 Å². The van der Waals surface area contributed by atoms with Crippen LogP contribution in [0.3, 0.4) is 0 Å². The lowest BCUT2D eigenvalue weighted by Gasteiger charge is -2.16. The van der Waals surface area contributed by atoms with Gasteiger partial charge in [-0.3, -0.25) is 4.79 Å². The fraction of sp³-hybridized carbons (Fsp3) is 0.316. The van der Waals surface area contributed by atoms with Gasteiger partial charge in [-0.1, -0.05) is 51.1 Å². The zero-order valence-electron chi connectivity index (χ0n) is 14.5. The summed E-state index contributed by atoms with van der Waals surface area (Å²) in [5.41, 5.74) is 3.49. The van der Waals surface area contributed by atoms with Crippen LogP contribution < -0.4 is 5.32 Å². The predicted octanol–water partition coefficient (Wildman–Crippen LogP) is 4.08. The van der Waals surface area contributed by atoms with E-state index in [1.165, 1.54) is 0 Å². The SMILES string of the molecule is Cc1cnc2c(-c3ccccc3)c(NC(=O)CC(C)(C)C)nn2c1. The maximum Gasteiger partial charge on any atom is 0.226 e. The molecule has 1 aromatic carbocycles. The van der Waals surface area contributed by atoms with Gasteiger partial charge in [0, 0.05) is 18.8 Å². The normalized spacial score (nSPS) is 11.7. The molecule has 24 heavy (non-hydrogen) atoms. The Bertz CT molecular complexity index is 876. The number of hydrogen-bond acceptors (Lipinski definition) is 3. The fourth-order valence-electron chi connectivity index (χ4n) is 2.64. The first-order valence-electron chi connectivity index (χ1n) is 8.04. The molecule has 0 aliphatic heterocycles. The number of carbonyl (C=O) groups excluding carboxylic acids is 1. The van der Waals surface area contributed by atoms with E-state index in [0.29, 0.717) is 12.2 Å². The zero-order chi connectivity index (χ0) is 17.3. The first kappa shape index (κ1) is 16.2. The molecule has 1 amide bonds. The fourth-order valence-corrected chi connectivity index (χ4v) is 2.64. The van der Waals surface area contributed by atoms with Crippen LogP contribution in [-0.2, 0) is 4.79 Å². The molecule has 0 saturated heterocycles. The van der Waals surface area contributed by atoms with E-state index >= 15 is 0 Å². The number of anilines is 1. The Morgan fingerprint density at radius 3 is 2.58 bits per heavy atom. The van der Waals surface area contributed by atoms with Gasteiger partial charge in [0.1, 0.15) is 0 Å². The molecule has 3 aromatic rings. The summed E-state index contributed by atoms with van der Waals surface area (Å²) in [5, 5.41) is 7.51. The number of fused-ring (bicyclic) bond motifs is 1. The molecule has 0 bridgehead atoms. The van der Waals surface area contributed by atoms with Crippen LogP contribution in [0.2, 0.25) is 0 Å². The third-order valence-electron chi connectivity index (χ3n) is 3.61. The Labute approximate surface area is 141 Å². The second kappa shape index (κ2) is 6.07. The van der Waals surface area contributed by atoms with Crippen molar-refractivity contribution in [1.29, 1.82) is 0 Å². The highest BCUT2D eigenvalue weighted by Gasteiger charge is 2.21. The maximum atomic E-state index is 12.4. The molecule has 0 spiro atoms. The van der Waals surface area contributed by atoms with Crippen molar-refractivity contribution in [3.63, 3.8) is 0 Å². The standard InChI is InChI=1S/C19H22N4O/c1-13-11-20-18-16(14-8-6-5-7-9-14)17(22-23(18)12-13)21-15(24)10-19(2,3)4/h5-9,11-12H,10H2,1-4H3,(H,21,22,24). The molecule has 0 unspecified atom stereocenters. The Kier molecular flexibility index (Phi) is 4.09. The number of hydrogen-bond donors (Lipinski definition) is 1. The molecule has 2 aromatic heterocycles. The van der Waals surface area contributed by atoms with Crippen LogP contribution in [0.25, 0.3) is 16.8 Å². The lowest BCUT2D eigenvalue weighted by Crippen LogP contribution is -2.20. The average Bonchev–Trinajstić information content (AvgIpc) is 2.82. The van der Waals surface area contributed by atoms with Gasteiger partial charge >= 0.3 is 0 Å². The molecule has 124 valence electrons. The van der Waals surface area contributed by atoms with Gasteiger partial charge in [-0.05, 0) is 23.5 Å². The molecule has 5 heteroatoms. The number of amides is 1. The first-order chi connectivity index (χ1) is 11.3. The van der Waals surface area contributed by atoms with Gasteiger partial charge < -0.3 is 5.32 Å². The minimum Gasteiger partial charge on any atom is -0.309 e. The Morgan fingerprint density at radius 2 is 1.92 bits per heavy atom. The molecule has 0 fully saturated rings. The quantitative estimate of drug-likeness (QED) is 0.790. The molecular formula is C19H22N4O. The van der Waals surface area contributed by atoms with Gasteiger partial charge in [0.05, 0.1) is 5.56 Å². The van der Waals surface area contributed by atoms with Crippen LogP contribution in [0.4, 0.5) is 5.82 Å². The third kappa shape index (κ3) is 3.45. The van der Waals surface area contributed by atoms with E-state index in [1.54, 1.807) is 4.52 Å². The first-order valence-corrected chi connectivity index (χ1v) is 8.04. The van der Waals surface area contributed by atoms with Crippen LogP contribution in [0.1, 0.15) is 32.8 Å². The van der Waals surface area contributed by atoms with Crippen LogP contribution in [0, 0.1) is 12.3 Å². The lowest BCUT2D eigenvalue weighted by atomic mass is 9.92. The topological polar surface area (TPSA) is 59.3 Å². The van der Waals surface area contributed by atoms with Gasteiger partial charge in [-0.25, -0.2) is 9.50 Å². The molecular weight excluding hydrogens is 300 g/mol. The molecule has 5 nitrogen and oxygen atoms in total. The van der Waals surface area contributed by atoms with E-state index < -0.39 is 0 Å². The lowest BCUT2D eigenvalue weighted by molar-refractivity contribution is -0.117. The summed E-state index contributed by atoms with van der Waals surface area (Å²) in [7, 11) is 0. The summed E-state index contributed by atoms with van der Waals surface area (Å²) in [6.45, 7) is 8.09. The summed E-state index contributed by atoms with van der Waals surface area (Å²) in [6, 6.07) is 9.89. The monoisotopic (exact) mass is 322 g/mol. The van der Waals surface area contributed by atoms with E-state index in [-0.39, 0.29) is 11.3 Å². The van der Waals surface area contributed by atoms with E-state index in [2.05, 4.69) is 15.4 Å². The van der Waals surface area contributed by atoms with Crippen molar-refractivity contribution in [2.24, 2.45) is 5.41 Å². The van der Waals surface area contributed by atoms with Gasteiger partial charge in [0.2, 0.25) is 5.91 Å². The zero-order valence-corrected chi connectivity index (χ0v) is 14.5. The van der Waals surface area contributed by atoms with E-state index in [9.17, 15) is 4.79 Å². The maximum absolute atomic E-state index is 12.4. The Morgan fingerprint density at radius 1 is 1.21 bits per heavy atom. The largest absolute Gasteiger partial charge is 0.309 e. The number of nitrogens with zero attached hydrogens (tertiary/aromatic N) is 3. The van der Waals surface area contributed by atoms with E-state index in [0.717, 1.165) is 22.3 Å². The summed E-state index contributed by atoms with van der Waals surface area (Å²) in [5.74, 6) is 0.508. The highest BCUT2D eigenvalue weighted by Crippen LogP contribution is 2.31. The highest BCUT2D eigenvalue weighted by molar-refractivity contribution is 5.97. The third-order valence-corrected chi connectivity index (χ3v) is 3.61. The minimum atomic E-state index is -0.0784. The summed E-state index contributed by atoms with van der Waals surface area (Å²) in [6.07, 6.45) is 4.15. The average molecular weight is 322 g/mol. The molecule has 0 aliphatic rings. The number of carbonyl (C=O) groups is 1. The molecule has 1 N–H and O–H groups in total. The van der Waals surface area contributed by atoms with Crippen LogP contribution in [-0.4, -0.2) is 20.5 Å². The van der Waals surface area contributed by atoms with Gasteiger partial charge in [-0.15, -0.1) is 5.10 Å². The smallest absolute Gasteiger partial charge is 0.226 e. The Balaban J connectivity index is 2.08. The van der Waals surface area contributed by atoms with Crippen molar-refractivity contribution >= 4 is 17.4 Å². The van der Waals surface area contributed by atoms with Crippen LogP contribution in [0.15, 0.2) is 42.7 Å². The van der Waals surface area contributed by atoms with Crippen molar-refractivity contribution in [2.45, 2.75) is 34.1 Å². The molecule has 0 saturated carbocycles. The molecule has 0 aliphatic carbocycles. The highest BCUT2D eigenvalue weighted by atomic mass is 16.1. The van der Waals surface area contributed by atoms with Crippen molar-refractivity contribution < 1.29 is 4.79 Å². The second-order valence-corrected chi connectivity index (χ2v) is 7.27. The molecule has 0 atom stereocenters. The number of aromatic nitrogens is 3. The van der Waals surface area contributed by atoms with Crippen molar-refractivity contribution in [3.05, 3.63) is 48.3 Å². The number of aryl methyl sites for hydroxylation is 1. The second-order valence-electron chi connectivity index (χ2n) is 7.27. The summed E-state index contributed by atoms with van der Waals surface area (Å²) < 4.78 is 1.73. The number of benzene rings is 1. The summed E-state index contributed by atoms with van der Waals surface area (Å²) in [4.78, 5) is 16.9. The van der Waals surface area contributed by atoms with Crippen LogP contribution >= 0.6 is 0 Å². The minimum absolute atomic E-state index is 0.0418. The van der Waals surface area contributed by atoms with Gasteiger partial charge in [0.25, 0.3) is 0 Å². The predicted molar refractivity (Wildman–Crippen MR) is 95.9 cm³/mol. The van der Waals surface area contributed by atoms with Crippen molar-refractivity contribution in [1.82, 2.24) is 14.6 Å². The summed E-state index contributed by atoms with van der Waals surface area (Å²) >= 11 is 0. The Hall–Kier alpha value is -2.69. The van der Waals surface area contributed by atoms with Gasteiger partial charge in [-0.2, -0.15) is 0 Å². The van der Waals surface area contributed by atoms with Crippen molar-refractivity contribution in [2.75, 3.05) is 5.32 Å². The van der Waals surface area contributed by atoms with E-state index in [1.807, 2.05) is 70.4 Å². The van der Waals surface area contributed by atoms with Crippen LogP contribution in [0.5, 0.6) is 0 Å². The number of nitrogens with one attached hydrogen (secondary N) is 1. The van der Waals surface area contributed by atoms with E-state index in [4.69, 9.17) is 0 Å². The molecule has 3 rings (SSSR count). The molecule has 0 radical (unpaired) electrons. The number of rotatable bonds is 3. The van der Waals surface area contributed by atoms with Gasteiger partial charge in [0.15, 0.2) is 11.5 Å². The molecule has 2 heterocycles.